The van der Waals surface area contributed by atoms with E-state index >= 15 is 45.5 Å². The van der Waals surface area contributed by atoms with Gasteiger partial charge in [-0.1, -0.05) is 109 Å². The highest BCUT2D eigenvalue weighted by atomic mass is 19.4. The molecule has 86 heavy (non-hydrogen) atoms. The van der Waals surface area contributed by atoms with Gasteiger partial charge in [0.05, 0.1) is 22.3 Å². The number of para-hydroxylation sites is 6. The summed E-state index contributed by atoms with van der Waals surface area (Å²) in [6.07, 6.45) is -11.2. The molecule has 0 saturated carbocycles. The summed E-state index contributed by atoms with van der Waals surface area (Å²) in [5.74, 6) is -10.8. The number of alkyl halides is 6. The number of nitrogens with zero attached hydrogens (tertiary/aromatic N) is 2. The summed E-state index contributed by atoms with van der Waals surface area (Å²) in [4.78, 5) is 89.5. The van der Waals surface area contributed by atoms with Crippen molar-refractivity contribution in [2.75, 3.05) is 10.6 Å². The predicted molar refractivity (Wildman–Crippen MR) is 305 cm³/mol. The van der Waals surface area contributed by atoms with E-state index in [1.165, 1.54) is 97.1 Å². The molecule has 2 atom stereocenters. The first-order valence-corrected chi connectivity index (χ1v) is 26.3. The number of carbonyl (C=O) groups excluding carboxylic acids is 6. The van der Waals surface area contributed by atoms with Gasteiger partial charge in [0.15, 0.2) is 0 Å². The van der Waals surface area contributed by atoms with Crippen molar-refractivity contribution in [3.8, 4) is 46.0 Å². The van der Waals surface area contributed by atoms with Crippen molar-refractivity contribution in [2.24, 2.45) is 0 Å². The SMILES string of the molecule is O=C(Nc1ccccc1)C(N1C(=O)c2cc(Oc3ccccc3)c3c4c(Oc5ccccc5)cc5c6c(cc(Oc7ccccc7)c(c7c(Oc8ccccc8)cc(c2c37)C1=O)c64)C(=O)N(C(C(=O)Nc1ccccc1)C(F)(F)F)C5=O)C(F)(F)F. The van der Waals surface area contributed by atoms with Gasteiger partial charge in [-0.3, -0.25) is 38.6 Å². The molecule has 0 fully saturated rings. The second-order valence-corrected chi connectivity index (χ2v) is 19.9. The van der Waals surface area contributed by atoms with Gasteiger partial charge in [-0.2, -0.15) is 26.3 Å². The number of nitrogens with one attached hydrogen (secondary N) is 2. The van der Waals surface area contributed by atoms with E-state index < -0.39 is 82.1 Å². The fraction of sp³-hybridized carbons (Fsp3) is 0.0606. The summed E-state index contributed by atoms with van der Waals surface area (Å²) >= 11 is 0. The molecule has 0 spiro atoms. The number of ether oxygens (including phenoxy) is 4. The number of rotatable bonds is 14. The van der Waals surface area contributed by atoms with Crippen molar-refractivity contribution >= 4 is 89.9 Å². The molecule has 2 N–H and O–H groups in total. The Bertz CT molecular complexity index is 4080. The second kappa shape index (κ2) is 20.9. The van der Waals surface area contributed by atoms with E-state index in [2.05, 4.69) is 10.6 Å². The zero-order chi connectivity index (χ0) is 59.8. The van der Waals surface area contributed by atoms with Gasteiger partial charge in [0.1, 0.15) is 46.0 Å². The standard InChI is InChI=1S/C66H38F6N4O10/c67-65(68,69)57(59(77)73-35-19-7-1-8-20-35)75-61(79)41-31-45(83-37-23-11-3-12-24-37)51-53-47(85-39-27-15-5-16-28-39)33-43-50-44(64(82)76(63(43)81)58(66(70,71)72)60(78)74-36-21-9-2-10-22-36)34-48(86-40-29-17-6-18-30-40)54(56(50)53)52-46(84-38-25-13-4-14-26-38)32-42(62(75)80)49(41)55(51)52/h1-34,57-58H,(H,73,77)(H,74,78). The zero-order valence-electron chi connectivity index (χ0n) is 44.0. The Balaban J connectivity index is 1.19. The highest BCUT2D eigenvalue weighted by Gasteiger charge is 2.57. The molecule has 20 heteroatoms. The minimum Gasteiger partial charge on any atom is -0.457 e. The average molecular weight is 1160 g/mol. The normalized spacial score (nSPS) is 14.0. The maximum atomic E-state index is 15.7. The molecule has 2 aliphatic rings. The second-order valence-electron chi connectivity index (χ2n) is 19.9. The van der Waals surface area contributed by atoms with Crippen LogP contribution in [0.4, 0.5) is 37.7 Å². The van der Waals surface area contributed by atoms with E-state index in [0.717, 1.165) is 24.3 Å². The van der Waals surface area contributed by atoms with Gasteiger partial charge in [0.2, 0.25) is 12.1 Å². The Labute approximate surface area is 481 Å². The van der Waals surface area contributed by atoms with Crippen LogP contribution >= 0.6 is 0 Å². The maximum Gasteiger partial charge on any atom is 0.418 e. The number of benzene rings is 11. The molecule has 2 heterocycles. The number of halogens is 6. The van der Waals surface area contributed by atoms with Crippen molar-refractivity contribution in [3.63, 3.8) is 0 Å². The van der Waals surface area contributed by atoms with Gasteiger partial charge in [-0.25, -0.2) is 0 Å². The monoisotopic (exact) mass is 1160 g/mol. The van der Waals surface area contributed by atoms with Crippen LogP contribution in [0.5, 0.6) is 46.0 Å². The quantitative estimate of drug-likeness (QED) is 0.0462. The van der Waals surface area contributed by atoms with Crippen molar-refractivity contribution in [3.05, 3.63) is 229 Å². The Morgan fingerprint density at radius 2 is 0.547 bits per heavy atom. The summed E-state index contributed by atoms with van der Waals surface area (Å²) in [5.41, 5.74) is -2.45. The molecule has 6 amide bonds. The topological polar surface area (TPSA) is 170 Å². The molecule has 11 aromatic carbocycles. The molecular weight excluding hydrogens is 1120 g/mol. The summed E-state index contributed by atoms with van der Waals surface area (Å²) < 4.78 is 121. The maximum absolute atomic E-state index is 15.7. The molecule has 0 radical (unpaired) electrons. The number of hydrogen-bond donors (Lipinski definition) is 2. The zero-order valence-corrected chi connectivity index (χ0v) is 44.0. The van der Waals surface area contributed by atoms with E-state index in [-0.39, 0.29) is 110 Å². The third-order valence-electron chi connectivity index (χ3n) is 14.6. The van der Waals surface area contributed by atoms with E-state index in [4.69, 9.17) is 18.9 Å². The van der Waals surface area contributed by atoms with Crippen molar-refractivity contribution < 1.29 is 74.1 Å². The Morgan fingerprint density at radius 3 is 0.767 bits per heavy atom. The third kappa shape index (κ3) is 9.28. The highest BCUT2D eigenvalue weighted by molar-refractivity contribution is 6.45. The Kier molecular flexibility index (Phi) is 13.1. The summed E-state index contributed by atoms with van der Waals surface area (Å²) in [6, 6.07) is 43.3. The van der Waals surface area contributed by atoms with Crippen LogP contribution in [-0.2, 0) is 9.59 Å². The van der Waals surface area contributed by atoms with Gasteiger partial charge in [-0.15, -0.1) is 0 Å². The van der Waals surface area contributed by atoms with Crippen LogP contribution in [0.3, 0.4) is 0 Å². The lowest BCUT2D eigenvalue weighted by Gasteiger charge is -2.36. The lowest BCUT2D eigenvalue weighted by atomic mass is 9.80. The van der Waals surface area contributed by atoms with Gasteiger partial charge in [0.25, 0.3) is 35.4 Å². The van der Waals surface area contributed by atoms with Crippen molar-refractivity contribution in [1.82, 2.24) is 9.80 Å². The number of hydrogen-bond acceptors (Lipinski definition) is 10. The minimum absolute atomic E-state index is 0.0784. The number of anilines is 2. The summed E-state index contributed by atoms with van der Waals surface area (Å²) in [6.45, 7) is 0. The van der Waals surface area contributed by atoms with Crippen LogP contribution in [0.25, 0.3) is 43.1 Å². The van der Waals surface area contributed by atoms with Crippen LogP contribution in [0, 0.1) is 0 Å². The molecule has 13 rings (SSSR count). The Morgan fingerprint density at radius 1 is 0.326 bits per heavy atom. The van der Waals surface area contributed by atoms with Gasteiger partial charge in [0, 0.05) is 54.5 Å². The third-order valence-corrected chi connectivity index (χ3v) is 14.6. The van der Waals surface area contributed by atoms with Crippen LogP contribution < -0.4 is 29.6 Å². The van der Waals surface area contributed by atoms with Gasteiger partial charge < -0.3 is 29.6 Å². The van der Waals surface area contributed by atoms with Crippen LogP contribution in [0.15, 0.2) is 206 Å². The number of amides is 6. The van der Waals surface area contributed by atoms with Crippen LogP contribution in [0.1, 0.15) is 41.4 Å². The van der Waals surface area contributed by atoms with Gasteiger partial charge >= 0.3 is 12.4 Å². The molecule has 0 aliphatic carbocycles. The van der Waals surface area contributed by atoms with E-state index in [1.807, 2.05) is 0 Å². The minimum atomic E-state index is -5.59. The highest BCUT2D eigenvalue weighted by Crippen LogP contribution is 2.58. The molecule has 0 bridgehead atoms. The first-order chi connectivity index (χ1) is 41.4. The lowest BCUT2D eigenvalue weighted by Crippen LogP contribution is -2.58. The number of fused-ring (bicyclic) bond motifs is 2. The largest absolute Gasteiger partial charge is 0.457 e. The molecular formula is C66H38F6N4O10. The van der Waals surface area contributed by atoms with E-state index in [0.29, 0.717) is 0 Å². The molecule has 0 saturated heterocycles. The van der Waals surface area contributed by atoms with Crippen LogP contribution in [-0.4, -0.2) is 69.7 Å². The number of carbonyl (C=O) groups is 6. The van der Waals surface area contributed by atoms with Crippen molar-refractivity contribution in [2.45, 2.75) is 24.4 Å². The fourth-order valence-corrected chi connectivity index (χ4v) is 11.1. The number of imide groups is 2. The molecule has 0 aromatic heterocycles. The smallest absolute Gasteiger partial charge is 0.418 e. The molecule has 14 nitrogen and oxygen atoms in total. The summed E-state index contributed by atoms with van der Waals surface area (Å²) in [7, 11) is 0. The molecule has 11 aromatic rings. The van der Waals surface area contributed by atoms with Crippen molar-refractivity contribution in [1.29, 1.82) is 0 Å². The molecule has 424 valence electrons. The molecule has 2 aliphatic heterocycles. The lowest BCUT2D eigenvalue weighted by molar-refractivity contribution is -0.178. The van der Waals surface area contributed by atoms with E-state index in [1.54, 1.807) is 84.9 Å². The van der Waals surface area contributed by atoms with E-state index in [9.17, 15) is 9.59 Å². The van der Waals surface area contributed by atoms with Crippen LogP contribution in [0.2, 0.25) is 0 Å². The first-order valence-electron chi connectivity index (χ1n) is 26.3. The summed E-state index contributed by atoms with van der Waals surface area (Å²) in [5, 5.41) is 3.22. The van der Waals surface area contributed by atoms with Gasteiger partial charge in [-0.05, 0) is 97.1 Å². The first kappa shape index (κ1) is 54.0. The predicted octanol–water partition coefficient (Wildman–Crippen LogP) is 15.2. The molecule has 2 unspecified atom stereocenters. The Hall–Kier alpha value is -11.3. The fourth-order valence-electron chi connectivity index (χ4n) is 11.1. The average Bonchev–Trinajstić information content (AvgIpc) is 0.680.